The second-order valence-corrected chi connectivity index (χ2v) is 7.38. The van der Waals surface area contributed by atoms with Crippen molar-refractivity contribution in [3.63, 3.8) is 0 Å². The number of nitrogens with zero attached hydrogens (tertiary/aromatic N) is 4. The zero-order chi connectivity index (χ0) is 21.4. The SMILES string of the molecule is CN=C(NCCc1nc(-c2ccco2)n[nH]1)NCCC1CCN(CC(F)(F)F)CC1.I. The van der Waals surface area contributed by atoms with Gasteiger partial charge in [-0.2, -0.15) is 18.3 Å². The van der Waals surface area contributed by atoms with E-state index in [9.17, 15) is 13.2 Å². The fourth-order valence-electron chi connectivity index (χ4n) is 3.52. The second kappa shape index (κ2) is 12.3. The van der Waals surface area contributed by atoms with E-state index in [2.05, 4.69) is 30.8 Å². The zero-order valence-corrected chi connectivity index (χ0v) is 19.7. The van der Waals surface area contributed by atoms with E-state index in [1.165, 1.54) is 4.90 Å². The van der Waals surface area contributed by atoms with Gasteiger partial charge < -0.3 is 15.1 Å². The molecule has 0 amide bonds. The number of likely N-dealkylation sites (tertiary alicyclic amines) is 1. The normalized spacial score (nSPS) is 16.2. The van der Waals surface area contributed by atoms with Gasteiger partial charge in [-0.25, -0.2) is 4.98 Å². The number of H-pyrrole nitrogens is 1. The summed E-state index contributed by atoms with van der Waals surface area (Å²) in [6, 6.07) is 3.59. The molecule has 0 radical (unpaired) electrons. The Hall–Kier alpha value is -1.83. The van der Waals surface area contributed by atoms with Crippen molar-refractivity contribution in [2.45, 2.75) is 31.9 Å². The first-order valence-corrected chi connectivity index (χ1v) is 10.1. The molecule has 0 aromatic carbocycles. The first kappa shape index (κ1) is 25.4. The summed E-state index contributed by atoms with van der Waals surface area (Å²) in [7, 11) is 1.70. The lowest BCUT2D eigenvalue weighted by atomic mass is 9.93. The summed E-state index contributed by atoms with van der Waals surface area (Å²) >= 11 is 0. The maximum absolute atomic E-state index is 12.5. The molecule has 3 heterocycles. The van der Waals surface area contributed by atoms with Crippen LogP contribution < -0.4 is 10.6 Å². The van der Waals surface area contributed by atoms with Gasteiger partial charge in [-0.1, -0.05) is 0 Å². The summed E-state index contributed by atoms with van der Waals surface area (Å²) in [6.07, 6.45) is 0.620. The molecule has 1 aliphatic heterocycles. The van der Waals surface area contributed by atoms with E-state index in [1.807, 2.05) is 0 Å². The highest BCUT2D eigenvalue weighted by molar-refractivity contribution is 14.0. The molecule has 1 fully saturated rings. The molecule has 31 heavy (non-hydrogen) atoms. The third kappa shape index (κ3) is 8.67. The highest BCUT2D eigenvalue weighted by Crippen LogP contribution is 2.24. The van der Waals surface area contributed by atoms with Crippen LogP contribution in [0.4, 0.5) is 13.2 Å². The van der Waals surface area contributed by atoms with E-state index in [1.54, 1.807) is 25.4 Å². The molecule has 0 aliphatic carbocycles. The van der Waals surface area contributed by atoms with Gasteiger partial charge in [-0.15, -0.1) is 24.0 Å². The number of aliphatic imine (C=N–C) groups is 1. The highest BCUT2D eigenvalue weighted by atomic mass is 127. The van der Waals surface area contributed by atoms with Crippen molar-refractivity contribution in [3.05, 3.63) is 24.2 Å². The molecule has 1 saturated heterocycles. The van der Waals surface area contributed by atoms with E-state index >= 15 is 0 Å². The summed E-state index contributed by atoms with van der Waals surface area (Å²) in [6.45, 7) is 1.57. The maximum atomic E-state index is 12.5. The van der Waals surface area contributed by atoms with Crippen LogP contribution >= 0.6 is 24.0 Å². The summed E-state index contributed by atoms with van der Waals surface area (Å²) in [5, 5.41) is 13.5. The number of guanidine groups is 1. The lowest BCUT2D eigenvalue weighted by molar-refractivity contribution is -0.148. The van der Waals surface area contributed by atoms with Gasteiger partial charge in [0.2, 0.25) is 5.82 Å². The molecule has 1 aliphatic rings. The minimum absolute atomic E-state index is 0. The predicted octanol–water partition coefficient (Wildman–Crippen LogP) is 3.05. The Morgan fingerprint density at radius 3 is 2.68 bits per heavy atom. The number of furan rings is 1. The number of aromatic nitrogens is 3. The lowest BCUT2D eigenvalue weighted by Crippen LogP contribution is -2.42. The van der Waals surface area contributed by atoms with Gasteiger partial charge in [0.15, 0.2) is 11.7 Å². The predicted molar refractivity (Wildman–Crippen MR) is 122 cm³/mol. The Morgan fingerprint density at radius 1 is 1.29 bits per heavy atom. The van der Waals surface area contributed by atoms with Crippen LogP contribution in [0, 0.1) is 5.92 Å². The van der Waals surface area contributed by atoms with Gasteiger partial charge in [0.05, 0.1) is 12.8 Å². The van der Waals surface area contributed by atoms with Crippen molar-refractivity contribution in [2.75, 3.05) is 39.8 Å². The molecule has 8 nitrogen and oxygen atoms in total. The number of halogens is 4. The van der Waals surface area contributed by atoms with Gasteiger partial charge in [0.1, 0.15) is 5.82 Å². The average molecular weight is 555 g/mol. The number of nitrogens with one attached hydrogen (secondary N) is 3. The fourth-order valence-corrected chi connectivity index (χ4v) is 3.52. The second-order valence-electron chi connectivity index (χ2n) is 7.38. The number of rotatable bonds is 8. The molecule has 174 valence electrons. The number of hydrogen-bond acceptors (Lipinski definition) is 5. The molecule has 2 aromatic rings. The van der Waals surface area contributed by atoms with Crippen LogP contribution in [-0.2, 0) is 6.42 Å². The molecule has 0 atom stereocenters. The summed E-state index contributed by atoms with van der Waals surface area (Å²) in [4.78, 5) is 10.1. The zero-order valence-electron chi connectivity index (χ0n) is 17.4. The Morgan fingerprint density at radius 2 is 2.03 bits per heavy atom. The molecular formula is C19H29F3IN7O. The van der Waals surface area contributed by atoms with E-state index in [0.717, 1.165) is 31.6 Å². The molecule has 0 unspecified atom stereocenters. The Kier molecular flexibility index (Phi) is 10.1. The third-order valence-corrected chi connectivity index (χ3v) is 5.11. The first-order chi connectivity index (χ1) is 14.4. The number of alkyl halides is 3. The summed E-state index contributed by atoms with van der Waals surface area (Å²) in [5.41, 5.74) is 0. The molecule has 3 rings (SSSR count). The van der Waals surface area contributed by atoms with Gasteiger partial charge in [-0.05, 0) is 50.4 Å². The third-order valence-electron chi connectivity index (χ3n) is 5.11. The molecular weight excluding hydrogens is 526 g/mol. The van der Waals surface area contributed by atoms with Crippen molar-refractivity contribution >= 4 is 29.9 Å². The van der Waals surface area contributed by atoms with Crippen LogP contribution in [0.2, 0.25) is 0 Å². The van der Waals surface area contributed by atoms with Gasteiger partial charge >= 0.3 is 6.18 Å². The van der Waals surface area contributed by atoms with Crippen LogP contribution in [0.15, 0.2) is 27.8 Å². The minimum atomic E-state index is -4.11. The fraction of sp³-hybridized carbons (Fsp3) is 0.632. The Labute approximate surface area is 196 Å². The summed E-state index contributed by atoms with van der Waals surface area (Å²) < 4.78 is 42.6. The minimum Gasteiger partial charge on any atom is -0.461 e. The van der Waals surface area contributed by atoms with Crippen molar-refractivity contribution < 1.29 is 17.6 Å². The molecule has 3 N–H and O–H groups in total. The average Bonchev–Trinajstić information content (AvgIpc) is 3.38. The Balaban J connectivity index is 0.00000341. The largest absolute Gasteiger partial charge is 0.461 e. The lowest BCUT2D eigenvalue weighted by Gasteiger charge is -2.32. The smallest absolute Gasteiger partial charge is 0.401 e. The van der Waals surface area contributed by atoms with Crippen molar-refractivity contribution in [2.24, 2.45) is 10.9 Å². The van der Waals surface area contributed by atoms with Crippen LogP contribution in [0.25, 0.3) is 11.6 Å². The maximum Gasteiger partial charge on any atom is 0.401 e. The first-order valence-electron chi connectivity index (χ1n) is 10.1. The van der Waals surface area contributed by atoms with Gasteiger partial charge in [0, 0.05) is 26.6 Å². The van der Waals surface area contributed by atoms with Crippen LogP contribution in [0.1, 0.15) is 25.1 Å². The van der Waals surface area contributed by atoms with E-state index < -0.39 is 12.7 Å². The van der Waals surface area contributed by atoms with Gasteiger partial charge in [0.25, 0.3) is 0 Å². The van der Waals surface area contributed by atoms with Crippen molar-refractivity contribution in [1.82, 2.24) is 30.7 Å². The van der Waals surface area contributed by atoms with Crippen LogP contribution in [0.3, 0.4) is 0 Å². The quantitative estimate of drug-likeness (QED) is 0.264. The highest BCUT2D eigenvalue weighted by Gasteiger charge is 2.32. The van der Waals surface area contributed by atoms with E-state index in [4.69, 9.17) is 4.42 Å². The van der Waals surface area contributed by atoms with Crippen LogP contribution in [0.5, 0.6) is 0 Å². The van der Waals surface area contributed by atoms with E-state index in [0.29, 0.717) is 49.5 Å². The monoisotopic (exact) mass is 555 g/mol. The number of aromatic amines is 1. The van der Waals surface area contributed by atoms with Crippen LogP contribution in [-0.4, -0.2) is 72.0 Å². The molecule has 12 heteroatoms. The molecule has 0 bridgehead atoms. The van der Waals surface area contributed by atoms with Crippen molar-refractivity contribution in [1.29, 1.82) is 0 Å². The number of hydrogen-bond donors (Lipinski definition) is 3. The standard InChI is InChI=1S/C19H28F3N7O.HI/c1-23-18(24-8-4-14-6-10-29(11-7-14)13-19(20,21)22)25-9-5-16-26-17(28-27-16)15-3-2-12-30-15;/h2-3,12,14H,4-11,13H2,1H3,(H2,23,24,25)(H,26,27,28);1H. The van der Waals surface area contributed by atoms with Crippen molar-refractivity contribution in [3.8, 4) is 11.6 Å². The molecule has 0 spiro atoms. The molecule has 0 saturated carbocycles. The molecule has 2 aromatic heterocycles. The number of piperidine rings is 1. The Bertz CT molecular complexity index is 787. The summed E-state index contributed by atoms with van der Waals surface area (Å²) in [5.74, 6) is 3.02. The van der Waals surface area contributed by atoms with E-state index in [-0.39, 0.29) is 24.0 Å². The topological polar surface area (TPSA) is 94.4 Å². The van der Waals surface area contributed by atoms with Gasteiger partial charge in [-0.3, -0.25) is 15.0 Å².